The van der Waals surface area contributed by atoms with Gasteiger partial charge in [0.15, 0.2) is 0 Å². The van der Waals surface area contributed by atoms with E-state index in [1.165, 1.54) is 38.3 Å². The van der Waals surface area contributed by atoms with Gasteiger partial charge in [0.25, 0.3) is 0 Å². The molecule has 0 atom stereocenters. The fourth-order valence-corrected chi connectivity index (χ4v) is 2.74. The van der Waals surface area contributed by atoms with E-state index in [0.29, 0.717) is 0 Å². The van der Waals surface area contributed by atoms with E-state index >= 15 is 0 Å². The number of rotatable bonds is 5. The van der Waals surface area contributed by atoms with Gasteiger partial charge >= 0.3 is 0 Å². The lowest BCUT2D eigenvalue weighted by Crippen LogP contribution is -3.27. The Kier molecular flexibility index (Phi) is 5.05. The van der Waals surface area contributed by atoms with E-state index in [9.17, 15) is 0 Å². The molecule has 0 amide bonds. The van der Waals surface area contributed by atoms with Crippen molar-refractivity contribution >= 4 is 0 Å². The third-order valence-corrected chi connectivity index (χ3v) is 4.03. The lowest BCUT2D eigenvalue weighted by molar-refractivity contribution is -1.02. The molecule has 0 spiro atoms. The summed E-state index contributed by atoms with van der Waals surface area (Å²) in [5.74, 6) is 1.76. The van der Waals surface area contributed by atoms with Gasteiger partial charge in [0.05, 0.1) is 20.8 Å². The number of ether oxygens (including phenoxy) is 2. The summed E-state index contributed by atoms with van der Waals surface area (Å²) in [6.45, 7) is 9.66. The Bertz CT molecular complexity index is 379. The molecule has 0 unspecified atom stereocenters. The van der Waals surface area contributed by atoms with Crippen molar-refractivity contribution in [3.05, 3.63) is 23.8 Å². The molecule has 1 aromatic carbocycles. The fourth-order valence-electron chi connectivity index (χ4n) is 2.74. The van der Waals surface area contributed by atoms with Crippen LogP contribution in [0.15, 0.2) is 18.2 Å². The van der Waals surface area contributed by atoms with Crippen LogP contribution in [0.2, 0.25) is 0 Å². The van der Waals surface area contributed by atoms with Crippen LogP contribution in [0.1, 0.15) is 12.5 Å². The maximum atomic E-state index is 5.33. The predicted octanol–water partition coefficient (Wildman–Crippen LogP) is -0.993. The first kappa shape index (κ1) is 14.2. The highest BCUT2D eigenvalue weighted by Gasteiger charge is 2.21. The molecule has 1 heterocycles. The van der Waals surface area contributed by atoms with E-state index in [0.717, 1.165) is 18.0 Å². The molecular weight excluding hydrogens is 240 g/mol. The Morgan fingerprint density at radius 1 is 0.895 bits per heavy atom. The molecule has 1 aliphatic heterocycles. The van der Waals surface area contributed by atoms with Crippen LogP contribution in [0, 0.1) is 0 Å². The van der Waals surface area contributed by atoms with Crippen molar-refractivity contribution in [1.82, 2.24) is 0 Å². The van der Waals surface area contributed by atoms with Gasteiger partial charge < -0.3 is 19.3 Å². The molecule has 106 valence electrons. The highest BCUT2D eigenvalue weighted by molar-refractivity contribution is 5.38. The normalized spacial score (nSPS) is 23.1. The molecular formula is C15H26N2O2+2. The zero-order chi connectivity index (χ0) is 13.7. The molecule has 1 aliphatic rings. The van der Waals surface area contributed by atoms with Gasteiger partial charge in [0.1, 0.15) is 44.2 Å². The summed E-state index contributed by atoms with van der Waals surface area (Å²) < 4.78 is 10.7. The zero-order valence-electron chi connectivity index (χ0n) is 12.3. The number of hydrogen-bond donors (Lipinski definition) is 2. The van der Waals surface area contributed by atoms with E-state index < -0.39 is 0 Å². The molecule has 4 nitrogen and oxygen atoms in total. The number of nitrogens with one attached hydrogen (secondary N) is 2. The van der Waals surface area contributed by atoms with Crippen molar-refractivity contribution < 1.29 is 19.3 Å². The smallest absolute Gasteiger partial charge is 0.127 e. The van der Waals surface area contributed by atoms with Crippen molar-refractivity contribution in [2.24, 2.45) is 0 Å². The van der Waals surface area contributed by atoms with Crippen molar-refractivity contribution in [3.8, 4) is 11.5 Å². The van der Waals surface area contributed by atoms with Crippen molar-refractivity contribution in [2.45, 2.75) is 13.5 Å². The molecule has 0 aliphatic carbocycles. The predicted molar refractivity (Wildman–Crippen MR) is 75.2 cm³/mol. The molecule has 4 heteroatoms. The van der Waals surface area contributed by atoms with Gasteiger partial charge in [-0.05, 0) is 19.1 Å². The van der Waals surface area contributed by atoms with Crippen LogP contribution in [-0.2, 0) is 6.54 Å². The van der Waals surface area contributed by atoms with Crippen LogP contribution in [0.5, 0.6) is 11.5 Å². The third-order valence-electron chi connectivity index (χ3n) is 4.03. The van der Waals surface area contributed by atoms with E-state index in [1.807, 2.05) is 6.07 Å². The maximum Gasteiger partial charge on any atom is 0.127 e. The highest BCUT2D eigenvalue weighted by Crippen LogP contribution is 2.21. The Morgan fingerprint density at radius 2 is 1.42 bits per heavy atom. The minimum Gasteiger partial charge on any atom is -0.497 e. The molecule has 1 fully saturated rings. The average molecular weight is 266 g/mol. The third kappa shape index (κ3) is 3.85. The Hall–Kier alpha value is -1.26. The van der Waals surface area contributed by atoms with Gasteiger partial charge in [0, 0.05) is 11.6 Å². The number of piperazine rings is 1. The summed E-state index contributed by atoms with van der Waals surface area (Å²) in [5, 5.41) is 0. The second-order valence-electron chi connectivity index (χ2n) is 5.25. The molecule has 1 aromatic rings. The Labute approximate surface area is 115 Å². The number of benzene rings is 1. The molecule has 1 saturated heterocycles. The van der Waals surface area contributed by atoms with Gasteiger partial charge in [0.2, 0.25) is 0 Å². The summed E-state index contributed by atoms with van der Waals surface area (Å²) in [6.07, 6.45) is 0. The summed E-state index contributed by atoms with van der Waals surface area (Å²) in [6, 6.07) is 6.17. The standard InChI is InChI=1S/C15H24N2O2/c1-4-16-5-7-17(8-6-16)12-13-9-14(18-2)11-15(10-13)19-3/h9-11H,4-8,12H2,1-3H3/p+2. The average Bonchev–Trinajstić information content (AvgIpc) is 2.47. The fraction of sp³-hybridized carbons (Fsp3) is 0.600. The minimum absolute atomic E-state index is 0.881. The monoisotopic (exact) mass is 266 g/mol. The first-order chi connectivity index (χ1) is 9.25. The number of quaternary nitrogens is 2. The van der Waals surface area contributed by atoms with E-state index in [4.69, 9.17) is 9.47 Å². The molecule has 2 rings (SSSR count). The molecule has 2 N–H and O–H groups in total. The van der Waals surface area contributed by atoms with E-state index in [-0.39, 0.29) is 0 Å². The van der Waals surface area contributed by atoms with Crippen LogP contribution in [-0.4, -0.2) is 46.9 Å². The summed E-state index contributed by atoms with van der Waals surface area (Å²) in [5.41, 5.74) is 1.30. The van der Waals surface area contributed by atoms with Crippen LogP contribution in [0.25, 0.3) is 0 Å². The van der Waals surface area contributed by atoms with Crippen LogP contribution < -0.4 is 19.3 Å². The Balaban J connectivity index is 1.99. The number of methoxy groups -OCH3 is 2. The van der Waals surface area contributed by atoms with Gasteiger partial charge in [-0.15, -0.1) is 0 Å². The van der Waals surface area contributed by atoms with Crippen LogP contribution in [0.3, 0.4) is 0 Å². The largest absolute Gasteiger partial charge is 0.497 e. The zero-order valence-corrected chi connectivity index (χ0v) is 12.3. The van der Waals surface area contributed by atoms with Gasteiger partial charge in [-0.1, -0.05) is 0 Å². The van der Waals surface area contributed by atoms with Gasteiger partial charge in [-0.2, -0.15) is 0 Å². The lowest BCUT2D eigenvalue weighted by atomic mass is 10.1. The van der Waals surface area contributed by atoms with Gasteiger partial charge in [-0.25, -0.2) is 0 Å². The summed E-state index contributed by atoms with van der Waals surface area (Å²) in [4.78, 5) is 3.39. The Morgan fingerprint density at radius 3 is 1.89 bits per heavy atom. The van der Waals surface area contributed by atoms with Crippen molar-refractivity contribution in [3.63, 3.8) is 0 Å². The summed E-state index contributed by atoms with van der Waals surface area (Å²) in [7, 11) is 3.41. The molecule has 0 bridgehead atoms. The van der Waals surface area contributed by atoms with Crippen LogP contribution in [0.4, 0.5) is 0 Å². The lowest BCUT2D eigenvalue weighted by Gasteiger charge is -2.29. The molecule has 0 aromatic heterocycles. The summed E-state index contributed by atoms with van der Waals surface area (Å²) >= 11 is 0. The molecule has 0 saturated carbocycles. The van der Waals surface area contributed by atoms with E-state index in [2.05, 4.69) is 19.1 Å². The highest BCUT2D eigenvalue weighted by atomic mass is 16.5. The minimum atomic E-state index is 0.881. The SMILES string of the molecule is CC[NH+]1CC[NH+](Cc2cc(OC)cc(OC)c2)CC1. The first-order valence-corrected chi connectivity index (χ1v) is 7.14. The van der Waals surface area contributed by atoms with Crippen molar-refractivity contribution in [1.29, 1.82) is 0 Å². The number of hydrogen-bond acceptors (Lipinski definition) is 2. The first-order valence-electron chi connectivity index (χ1n) is 7.14. The topological polar surface area (TPSA) is 27.3 Å². The second-order valence-corrected chi connectivity index (χ2v) is 5.25. The van der Waals surface area contributed by atoms with Gasteiger partial charge in [-0.3, -0.25) is 0 Å². The quantitative estimate of drug-likeness (QED) is 0.716. The molecule has 19 heavy (non-hydrogen) atoms. The maximum absolute atomic E-state index is 5.33. The second kappa shape index (κ2) is 6.78. The van der Waals surface area contributed by atoms with Crippen molar-refractivity contribution in [2.75, 3.05) is 46.9 Å². The number of likely N-dealkylation sites (N-methyl/N-ethyl adjacent to an activating group) is 1. The van der Waals surface area contributed by atoms with Crippen LogP contribution >= 0.6 is 0 Å². The van der Waals surface area contributed by atoms with E-state index in [1.54, 1.807) is 24.0 Å². The molecule has 0 radical (unpaired) electrons.